The predicted molar refractivity (Wildman–Crippen MR) is 146 cm³/mol. The minimum atomic E-state index is -1.17. The molecule has 0 aliphatic rings. The quantitative estimate of drug-likeness (QED) is 0.272. The van der Waals surface area contributed by atoms with Crippen molar-refractivity contribution in [1.82, 2.24) is 14.7 Å². The molecule has 0 aliphatic heterocycles. The van der Waals surface area contributed by atoms with Gasteiger partial charge in [0.25, 0.3) is 0 Å². The highest BCUT2D eigenvalue weighted by atomic mass is 32.2. The van der Waals surface area contributed by atoms with E-state index in [2.05, 4.69) is 31.7 Å². The molecule has 9 heteroatoms. The smallest absolute Gasteiger partial charge is 0.246 e. The summed E-state index contributed by atoms with van der Waals surface area (Å²) in [7, 11) is 3.17. The molecule has 0 aromatic heterocycles. The molecular formula is C26H50N4O4S. The molecule has 0 radical (unpaired) electrons. The minimum Gasteiger partial charge on any atom is -0.390 e. The summed E-state index contributed by atoms with van der Waals surface area (Å²) < 4.78 is 0. The Morgan fingerprint density at radius 3 is 2.00 bits per heavy atom. The molecule has 0 rings (SSSR count). The second kappa shape index (κ2) is 17.0. The lowest BCUT2D eigenvalue weighted by Gasteiger charge is -2.35. The van der Waals surface area contributed by atoms with Gasteiger partial charge in [-0.25, -0.2) is 0 Å². The molecule has 2 atom stereocenters. The summed E-state index contributed by atoms with van der Waals surface area (Å²) in [4.78, 5) is 43.5. The first-order valence-electron chi connectivity index (χ1n) is 12.8. The number of aliphatic hydroxyl groups is 1. The van der Waals surface area contributed by atoms with Crippen LogP contribution in [-0.2, 0) is 14.4 Å². The van der Waals surface area contributed by atoms with E-state index in [9.17, 15) is 19.5 Å². The van der Waals surface area contributed by atoms with Crippen molar-refractivity contribution in [3.8, 4) is 0 Å². The summed E-state index contributed by atoms with van der Waals surface area (Å²) in [5.74, 6) is 0.0588. The molecule has 3 N–H and O–H groups in total. The molecule has 204 valence electrons. The summed E-state index contributed by atoms with van der Waals surface area (Å²) in [6.07, 6.45) is 5.37. The van der Waals surface area contributed by atoms with Crippen LogP contribution in [0.3, 0.4) is 0 Å². The van der Waals surface area contributed by atoms with Crippen LogP contribution in [0.15, 0.2) is 11.6 Å². The van der Waals surface area contributed by atoms with Crippen LogP contribution in [0.4, 0.5) is 0 Å². The third kappa shape index (κ3) is 12.8. The summed E-state index contributed by atoms with van der Waals surface area (Å²) >= 11 is 1.63. The number of primary amides is 1. The van der Waals surface area contributed by atoms with Gasteiger partial charge < -0.3 is 25.5 Å². The fraction of sp³-hybridized carbons (Fsp3) is 0.808. The van der Waals surface area contributed by atoms with Crippen molar-refractivity contribution in [3.63, 3.8) is 0 Å². The van der Waals surface area contributed by atoms with Gasteiger partial charge in [-0.05, 0) is 39.8 Å². The van der Waals surface area contributed by atoms with Crippen molar-refractivity contribution >= 4 is 29.5 Å². The summed E-state index contributed by atoms with van der Waals surface area (Å²) in [6, 6.07) is -1.69. The van der Waals surface area contributed by atoms with E-state index < -0.39 is 23.6 Å². The van der Waals surface area contributed by atoms with Gasteiger partial charge in [0.15, 0.2) is 0 Å². The molecular weight excluding hydrogens is 464 g/mol. The standard InChI is InChI=1S/C26H50N4O4S/c1-9-13-20(15-16-30(11-3)12-4)18-35-19-22(28(7)23(31)14-10-2)25(33)29(8)21(24(27)32)17-26(5,6)34/h15,21-22,34H,9-14,16-19H2,1-8H3,(H2,27,32)/b20-15+/t21-,22+/m0/s1. The number of amides is 3. The normalized spacial score (nSPS) is 14.1. The average Bonchev–Trinajstić information content (AvgIpc) is 2.78. The van der Waals surface area contributed by atoms with Gasteiger partial charge >= 0.3 is 0 Å². The number of thioether (sulfide) groups is 1. The maximum absolute atomic E-state index is 13.5. The Bertz CT molecular complexity index is 689. The molecule has 8 nitrogen and oxygen atoms in total. The Balaban J connectivity index is 5.66. The van der Waals surface area contributed by atoms with Crippen LogP contribution in [-0.4, -0.2) is 100 Å². The number of likely N-dealkylation sites (N-methyl/N-ethyl adjacent to an activating group) is 3. The molecule has 0 bridgehead atoms. The van der Waals surface area contributed by atoms with Crippen molar-refractivity contribution in [2.45, 2.75) is 91.3 Å². The van der Waals surface area contributed by atoms with E-state index in [1.54, 1.807) is 32.7 Å². The summed E-state index contributed by atoms with van der Waals surface area (Å²) in [6.45, 7) is 14.4. The molecule has 3 amide bonds. The maximum Gasteiger partial charge on any atom is 0.246 e. The molecule has 0 unspecified atom stereocenters. The second-order valence-electron chi connectivity index (χ2n) is 9.77. The molecule has 0 heterocycles. The maximum atomic E-state index is 13.5. The largest absolute Gasteiger partial charge is 0.390 e. The highest BCUT2D eigenvalue weighted by Crippen LogP contribution is 2.21. The number of hydrogen-bond acceptors (Lipinski definition) is 6. The summed E-state index contributed by atoms with van der Waals surface area (Å²) in [5, 5.41) is 10.2. The Morgan fingerprint density at radius 1 is 0.971 bits per heavy atom. The number of hydrogen-bond donors (Lipinski definition) is 2. The van der Waals surface area contributed by atoms with E-state index in [1.165, 1.54) is 22.4 Å². The van der Waals surface area contributed by atoms with Gasteiger partial charge in [-0.2, -0.15) is 11.8 Å². The van der Waals surface area contributed by atoms with E-state index in [0.29, 0.717) is 18.6 Å². The van der Waals surface area contributed by atoms with Gasteiger partial charge in [0.1, 0.15) is 12.1 Å². The topological polar surface area (TPSA) is 107 Å². The highest BCUT2D eigenvalue weighted by molar-refractivity contribution is 7.99. The van der Waals surface area contributed by atoms with Crippen LogP contribution in [0, 0.1) is 0 Å². The Hall–Kier alpha value is -1.58. The monoisotopic (exact) mass is 514 g/mol. The Kier molecular flexibility index (Phi) is 16.2. The molecule has 0 aromatic carbocycles. The lowest BCUT2D eigenvalue weighted by molar-refractivity contribution is -0.147. The third-order valence-corrected chi connectivity index (χ3v) is 7.24. The first kappa shape index (κ1) is 33.4. The van der Waals surface area contributed by atoms with Gasteiger partial charge in [0.2, 0.25) is 17.7 Å². The molecule has 0 aliphatic carbocycles. The molecule has 0 fully saturated rings. The van der Waals surface area contributed by atoms with E-state index in [4.69, 9.17) is 5.73 Å². The molecule has 0 spiro atoms. The molecule has 0 aromatic rings. The second-order valence-corrected chi connectivity index (χ2v) is 10.8. The van der Waals surface area contributed by atoms with E-state index in [-0.39, 0.29) is 18.2 Å². The molecule has 35 heavy (non-hydrogen) atoms. The summed E-state index contributed by atoms with van der Waals surface area (Å²) in [5.41, 5.74) is 5.74. The lowest BCUT2D eigenvalue weighted by Crippen LogP contribution is -2.56. The van der Waals surface area contributed by atoms with Crippen molar-refractivity contribution in [2.24, 2.45) is 5.73 Å². The number of carbonyl (C=O) groups excluding carboxylic acids is 3. The van der Waals surface area contributed by atoms with Gasteiger partial charge in [-0.1, -0.05) is 45.8 Å². The van der Waals surface area contributed by atoms with Crippen LogP contribution < -0.4 is 5.73 Å². The zero-order chi connectivity index (χ0) is 27.2. The van der Waals surface area contributed by atoms with Gasteiger partial charge in [0, 0.05) is 45.0 Å². The van der Waals surface area contributed by atoms with E-state index >= 15 is 0 Å². The molecule has 0 saturated heterocycles. The lowest BCUT2D eigenvalue weighted by atomic mass is 9.97. The first-order valence-corrected chi connectivity index (χ1v) is 14.0. The van der Waals surface area contributed by atoms with Crippen molar-refractivity contribution < 1.29 is 19.5 Å². The van der Waals surface area contributed by atoms with E-state index in [1.807, 2.05) is 6.92 Å². The zero-order valence-electron chi connectivity index (χ0n) is 23.3. The SMILES string of the molecule is CCCC(=O)N(C)[C@H](CSC/C(=C/CN(CC)CC)CCC)C(=O)N(C)[C@@H](CC(C)(C)O)C(N)=O. The third-order valence-electron chi connectivity index (χ3n) is 6.11. The molecule has 0 saturated carbocycles. The van der Waals surface area contributed by atoms with Crippen LogP contribution in [0.25, 0.3) is 0 Å². The fourth-order valence-electron chi connectivity index (χ4n) is 3.80. The minimum absolute atomic E-state index is 0.0196. The Labute approximate surface area is 217 Å². The first-order chi connectivity index (χ1) is 16.3. The van der Waals surface area contributed by atoms with Gasteiger partial charge in [-0.15, -0.1) is 0 Å². The van der Waals surface area contributed by atoms with E-state index in [0.717, 1.165) is 38.2 Å². The van der Waals surface area contributed by atoms with Crippen LogP contribution in [0.1, 0.15) is 73.6 Å². The van der Waals surface area contributed by atoms with Crippen LogP contribution in [0.2, 0.25) is 0 Å². The zero-order valence-corrected chi connectivity index (χ0v) is 24.1. The number of nitrogens with zero attached hydrogens (tertiary/aromatic N) is 3. The Morgan fingerprint density at radius 2 is 1.54 bits per heavy atom. The van der Waals surface area contributed by atoms with Gasteiger partial charge in [-0.3, -0.25) is 14.4 Å². The number of nitrogens with two attached hydrogens (primary N) is 1. The fourth-order valence-corrected chi connectivity index (χ4v) is 5.03. The van der Waals surface area contributed by atoms with Crippen LogP contribution in [0.5, 0.6) is 0 Å². The van der Waals surface area contributed by atoms with Crippen molar-refractivity contribution in [1.29, 1.82) is 0 Å². The van der Waals surface area contributed by atoms with Crippen molar-refractivity contribution in [3.05, 3.63) is 11.6 Å². The predicted octanol–water partition coefficient (Wildman–Crippen LogP) is 2.89. The number of rotatable bonds is 18. The highest BCUT2D eigenvalue weighted by Gasteiger charge is 2.36. The number of carbonyl (C=O) groups is 3. The average molecular weight is 515 g/mol. The van der Waals surface area contributed by atoms with Gasteiger partial charge in [0.05, 0.1) is 5.60 Å². The van der Waals surface area contributed by atoms with Crippen molar-refractivity contribution in [2.75, 3.05) is 45.2 Å². The van der Waals surface area contributed by atoms with Crippen LogP contribution >= 0.6 is 11.8 Å².